The summed E-state index contributed by atoms with van der Waals surface area (Å²) >= 11 is 13.7. The Kier molecular flexibility index (Phi) is 5.89. The van der Waals surface area contributed by atoms with Crippen LogP contribution in [0, 0.1) is 13.8 Å². The van der Waals surface area contributed by atoms with Crippen LogP contribution >= 0.6 is 35.0 Å². The Balaban J connectivity index is 1.60. The van der Waals surface area contributed by atoms with Crippen LogP contribution < -0.4 is 4.74 Å². The highest BCUT2D eigenvalue weighted by Gasteiger charge is 2.11. The Morgan fingerprint density at radius 1 is 1.08 bits per heavy atom. The average Bonchev–Trinajstić information content (AvgIpc) is 3.03. The van der Waals surface area contributed by atoms with Gasteiger partial charge in [-0.05, 0) is 48.7 Å². The molecule has 0 N–H and O–H groups in total. The Labute approximate surface area is 160 Å². The smallest absolute Gasteiger partial charge is 0.277 e. The molecule has 0 saturated carbocycles. The highest BCUT2D eigenvalue weighted by atomic mass is 35.5. The van der Waals surface area contributed by atoms with Gasteiger partial charge < -0.3 is 9.15 Å². The molecule has 1 heterocycles. The van der Waals surface area contributed by atoms with Gasteiger partial charge in [-0.2, -0.15) is 0 Å². The van der Waals surface area contributed by atoms with Crippen LogP contribution in [0.5, 0.6) is 5.75 Å². The number of halogens is 2. The number of benzene rings is 2. The second-order valence-corrected chi connectivity index (χ2v) is 7.25. The third kappa shape index (κ3) is 4.69. The quantitative estimate of drug-likeness (QED) is 0.489. The Morgan fingerprint density at radius 3 is 2.60 bits per heavy atom. The zero-order chi connectivity index (χ0) is 17.8. The van der Waals surface area contributed by atoms with Gasteiger partial charge in [-0.15, -0.1) is 10.2 Å². The molecule has 0 amide bonds. The fraction of sp³-hybridized carbons (Fsp3) is 0.222. The van der Waals surface area contributed by atoms with E-state index < -0.39 is 0 Å². The number of hydrogen-bond donors (Lipinski definition) is 0. The highest BCUT2D eigenvalue weighted by molar-refractivity contribution is 7.98. The van der Waals surface area contributed by atoms with Crippen molar-refractivity contribution in [3.8, 4) is 5.75 Å². The zero-order valence-corrected chi connectivity index (χ0v) is 16.1. The maximum atomic E-state index is 6.16. The van der Waals surface area contributed by atoms with Crippen LogP contribution in [-0.2, 0) is 12.4 Å². The van der Waals surface area contributed by atoms with Gasteiger partial charge >= 0.3 is 0 Å². The maximum absolute atomic E-state index is 6.16. The monoisotopic (exact) mass is 394 g/mol. The van der Waals surface area contributed by atoms with Crippen LogP contribution in [-0.4, -0.2) is 10.2 Å². The lowest BCUT2D eigenvalue weighted by Crippen LogP contribution is -1.97. The summed E-state index contributed by atoms with van der Waals surface area (Å²) in [7, 11) is 0. The van der Waals surface area contributed by atoms with Gasteiger partial charge in [0, 0.05) is 15.8 Å². The summed E-state index contributed by atoms with van der Waals surface area (Å²) < 4.78 is 11.4. The fourth-order valence-electron chi connectivity index (χ4n) is 2.16. The summed E-state index contributed by atoms with van der Waals surface area (Å²) in [5, 5.41) is 9.74. The van der Waals surface area contributed by atoms with E-state index in [1.165, 1.54) is 11.8 Å². The van der Waals surface area contributed by atoms with Gasteiger partial charge in [-0.3, -0.25) is 0 Å². The first-order valence-electron chi connectivity index (χ1n) is 7.61. The van der Waals surface area contributed by atoms with Crippen molar-refractivity contribution in [2.24, 2.45) is 0 Å². The minimum Gasteiger partial charge on any atom is -0.484 e. The third-order valence-corrected chi connectivity index (χ3v) is 5.10. The minimum absolute atomic E-state index is 0.227. The summed E-state index contributed by atoms with van der Waals surface area (Å²) in [5.74, 6) is 1.79. The summed E-state index contributed by atoms with van der Waals surface area (Å²) in [4.78, 5) is 0. The molecule has 3 aromatic rings. The lowest BCUT2D eigenvalue weighted by atomic mass is 10.1. The lowest BCUT2D eigenvalue weighted by molar-refractivity contribution is 0.250. The predicted molar refractivity (Wildman–Crippen MR) is 101 cm³/mol. The normalized spacial score (nSPS) is 10.9. The van der Waals surface area contributed by atoms with E-state index in [2.05, 4.69) is 10.2 Å². The Hall–Kier alpha value is -1.69. The van der Waals surface area contributed by atoms with E-state index in [-0.39, 0.29) is 6.61 Å². The van der Waals surface area contributed by atoms with Crippen molar-refractivity contribution in [1.29, 1.82) is 0 Å². The highest BCUT2D eigenvalue weighted by Crippen LogP contribution is 2.31. The van der Waals surface area contributed by atoms with Gasteiger partial charge in [0.25, 0.3) is 11.1 Å². The maximum Gasteiger partial charge on any atom is 0.277 e. The second-order valence-electron chi connectivity index (χ2n) is 5.51. The lowest BCUT2D eigenvalue weighted by Gasteiger charge is -2.07. The molecule has 0 spiro atoms. The number of aromatic nitrogens is 2. The molecule has 4 nitrogen and oxygen atoms in total. The first-order chi connectivity index (χ1) is 12.0. The average molecular weight is 395 g/mol. The first-order valence-corrected chi connectivity index (χ1v) is 9.35. The molecular formula is C18H16Cl2N2O2S. The first kappa shape index (κ1) is 18.1. The molecule has 0 radical (unpaired) electrons. The molecule has 7 heteroatoms. The van der Waals surface area contributed by atoms with E-state index in [1.54, 1.807) is 12.1 Å². The number of nitrogens with zero attached hydrogens (tertiary/aromatic N) is 2. The number of thioether (sulfide) groups is 1. The number of hydrogen-bond acceptors (Lipinski definition) is 5. The molecule has 25 heavy (non-hydrogen) atoms. The van der Waals surface area contributed by atoms with Crippen LogP contribution in [0.25, 0.3) is 0 Å². The number of ether oxygens (including phenoxy) is 1. The topological polar surface area (TPSA) is 48.2 Å². The van der Waals surface area contributed by atoms with E-state index >= 15 is 0 Å². The zero-order valence-electron chi connectivity index (χ0n) is 13.8. The van der Waals surface area contributed by atoms with Crippen LogP contribution in [0.2, 0.25) is 10.0 Å². The second kappa shape index (κ2) is 8.13. The summed E-state index contributed by atoms with van der Waals surface area (Å²) in [5.41, 5.74) is 3.05. The van der Waals surface area contributed by atoms with E-state index in [1.807, 2.05) is 38.1 Å². The molecule has 3 rings (SSSR count). The molecule has 0 fully saturated rings. The SMILES string of the molecule is Cc1ccc(C)c(OCc2nnc(SCc3c(Cl)cccc3Cl)o2)c1. The Bertz CT molecular complexity index is 863. The molecule has 1 aromatic heterocycles. The molecule has 0 unspecified atom stereocenters. The predicted octanol–water partition coefficient (Wildman–Crippen LogP) is 5.86. The van der Waals surface area contributed by atoms with Crippen molar-refractivity contribution < 1.29 is 9.15 Å². The van der Waals surface area contributed by atoms with Gasteiger partial charge in [-0.1, -0.05) is 53.2 Å². The third-order valence-electron chi connectivity index (χ3n) is 3.54. The van der Waals surface area contributed by atoms with Crippen molar-refractivity contribution in [3.05, 3.63) is 69.0 Å². The minimum atomic E-state index is 0.227. The summed E-state index contributed by atoms with van der Waals surface area (Å²) in [6, 6.07) is 11.5. The van der Waals surface area contributed by atoms with Crippen molar-refractivity contribution in [2.75, 3.05) is 0 Å². The van der Waals surface area contributed by atoms with E-state index in [0.29, 0.717) is 26.9 Å². The number of aryl methyl sites for hydroxylation is 2. The van der Waals surface area contributed by atoms with Crippen LogP contribution in [0.4, 0.5) is 0 Å². The largest absolute Gasteiger partial charge is 0.484 e. The van der Waals surface area contributed by atoms with Crippen molar-refractivity contribution in [1.82, 2.24) is 10.2 Å². The summed E-state index contributed by atoms with van der Waals surface area (Å²) in [6.07, 6.45) is 0. The van der Waals surface area contributed by atoms with Crippen LogP contribution in [0.1, 0.15) is 22.6 Å². The van der Waals surface area contributed by atoms with Gasteiger partial charge in [0.05, 0.1) is 0 Å². The molecule has 0 atom stereocenters. The molecule has 0 saturated heterocycles. The van der Waals surface area contributed by atoms with Gasteiger partial charge in [-0.25, -0.2) is 0 Å². The van der Waals surface area contributed by atoms with Gasteiger partial charge in [0.15, 0.2) is 6.61 Å². The molecular weight excluding hydrogens is 379 g/mol. The molecule has 130 valence electrons. The Morgan fingerprint density at radius 2 is 1.84 bits per heavy atom. The molecule has 0 bridgehead atoms. The fourth-order valence-corrected chi connectivity index (χ4v) is 3.68. The van der Waals surface area contributed by atoms with Crippen molar-refractivity contribution >= 4 is 35.0 Å². The summed E-state index contributed by atoms with van der Waals surface area (Å²) in [6.45, 7) is 4.25. The van der Waals surface area contributed by atoms with Gasteiger partial charge in [0.2, 0.25) is 0 Å². The van der Waals surface area contributed by atoms with E-state index in [9.17, 15) is 0 Å². The van der Waals surface area contributed by atoms with Crippen molar-refractivity contribution in [2.45, 2.75) is 31.4 Å². The van der Waals surface area contributed by atoms with E-state index in [4.69, 9.17) is 32.4 Å². The standard InChI is InChI=1S/C18H16Cl2N2O2S/c1-11-6-7-12(2)16(8-11)23-9-17-21-22-18(24-17)25-10-13-14(19)4-3-5-15(13)20/h3-8H,9-10H2,1-2H3. The van der Waals surface area contributed by atoms with E-state index in [0.717, 1.165) is 22.4 Å². The molecule has 2 aromatic carbocycles. The molecule has 0 aliphatic carbocycles. The molecule has 0 aliphatic rings. The molecule has 0 aliphatic heterocycles. The van der Waals surface area contributed by atoms with Gasteiger partial charge in [0.1, 0.15) is 5.75 Å². The number of rotatable bonds is 6. The van der Waals surface area contributed by atoms with Crippen LogP contribution in [0.15, 0.2) is 46.0 Å². The van der Waals surface area contributed by atoms with Crippen LogP contribution in [0.3, 0.4) is 0 Å². The van der Waals surface area contributed by atoms with Crippen molar-refractivity contribution in [3.63, 3.8) is 0 Å².